The Morgan fingerprint density at radius 2 is 1.38 bits per heavy atom. The van der Waals surface area contributed by atoms with Crippen LogP contribution in [0, 0.1) is 58.3 Å². The molecule has 0 aromatic carbocycles. The van der Waals surface area contributed by atoms with Crippen molar-refractivity contribution < 1.29 is 20.4 Å². The molecule has 0 bridgehead atoms. The molecule has 0 radical (unpaired) electrons. The van der Waals surface area contributed by atoms with E-state index in [1.54, 1.807) is 33.4 Å². The molecule has 0 aliphatic heterocycles. The van der Waals surface area contributed by atoms with E-state index in [1.165, 1.54) is 0 Å². The molecule has 0 saturated heterocycles. The molecular weight excluding hydrogens is 519 g/mol. The largest absolute Gasteiger partial charge is 2.00 e. The van der Waals surface area contributed by atoms with Gasteiger partial charge in [-0.15, -0.1) is 0 Å². The maximum absolute atomic E-state index is 9.67. The molecule has 4 aromatic heterocycles. The second kappa shape index (κ2) is 9.31. The van der Waals surface area contributed by atoms with E-state index in [9.17, 15) is 5.26 Å². The van der Waals surface area contributed by atoms with Gasteiger partial charge in [0.25, 0.3) is 0 Å². The van der Waals surface area contributed by atoms with Crippen molar-refractivity contribution >= 4 is 5.69 Å². The summed E-state index contributed by atoms with van der Waals surface area (Å²) < 4.78 is 3.50. The monoisotopic (exact) mass is 540 g/mol. The number of imidazole rings is 2. The number of hydrogen-bond donors (Lipinski definition) is 0. The van der Waals surface area contributed by atoms with Crippen LogP contribution in [0.4, 0.5) is 5.69 Å². The first-order valence-corrected chi connectivity index (χ1v) is 10.4. The standard InChI is InChI=1S/C25H22N8.Pd/c1-15-17(3)32(13-28-15)23-9-19(12-26)8-21(30-23)25(5,6)22-10-20(27-7)11-24(31-22)33-14-29-16(2)18(33)4;/h8-11H,1-6H3;/q-2;+2. The van der Waals surface area contributed by atoms with Gasteiger partial charge in [-0.1, -0.05) is 56.5 Å². The molecule has 4 heterocycles. The number of pyridine rings is 2. The van der Waals surface area contributed by atoms with Gasteiger partial charge in [-0.2, -0.15) is 5.26 Å². The summed E-state index contributed by atoms with van der Waals surface area (Å²) >= 11 is 0. The Hall–Kier alpha value is -3.64. The first-order chi connectivity index (χ1) is 15.6. The van der Waals surface area contributed by atoms with Crippen LogP contribution < -0.4 is 0 Å². The SMILES string of the molecule is [C-]#[N+]c1cc(-n2[c-]nc(C)c2C)nc(C(C)(C)c2cc(C#N)cc(-n3[c-]nc(C)c3C)n2)c1.[Pd+2]. The van der Waals surface area contributed by atoms with Gasteiger partial charge < -0.3 is 19.1 Å². The average Bonchev–Trinajstić information content (AvgIpc) is 3.33. The van der Waals surface area contributed by atoms with Crippen LogP contribution in [0.1, 0.15) is 53.6 Å². The van der Waals surface area contributed by atoms with Crippen molar-refractivity contribution in [3.8, 4) is 17.7 Å². The number of nitriles is 1. The van der Waals surface area contributed by atoms with Crippen molar-refractivity contribution in [1.82, 2.24) is 29.1 Å². The predicted octanol–water partition coefficient (Wildman–Crippen LogP) is 4.43. The number of hydrogen-bond acceptors (Lipinski definition) is 5. The molecule has 0 saturated carbocycles. The summed E-state index contributed by atoms with van der Waals surface area (Å²) in [5, 5.41) is 9.67. The van der Waals surface area contributed by atoms with Crippen molar-refractivity contribution in [3.05, 3.63) is 88.1 Å². The molecule has 4 aromatic rings. The summed E-state index contributed by atoms with van der Waals surface area (Å²) in [6.45, 7) is 19.2. The van der Waals surface area contributed by atoms with E-state index in [4.69, 9.17) is 16.5 Å². The van der Waals surface area contributed by atoms with Gasteiger partial charge in [-0.3, -0.25) is 9.97 Å². The van der Waals surface area contributed by atoms with E-state index in [-0.39, 0.29) is 20.4 Å². The van der Waals surface area contributed by atoms with Crippen LogP contribution in [0.25, 0.3) is 16.5 Å². The van der Waals surface area contributed by atoms with Gasteiger partial charge in [0.15, 0.2) is 5.69 Å². The van der Waals surface area contributed by atoms with E-state index >= 15 is 0 Å². The van der Waals surface area contributed by atoms with Crippen LogP contribution in [-0.2, 0) is 25.8 Å². The van der Waals surface area contributed by atoms with Crippen LogP contribution in [-0.4, -0.2) is 29.1 Å². The Bertz CT molecular complexity index is 1350. The van der Waals surface area contributed by atoms with Gasteiger partial charge in [-0.05, 0) is 32.0 Å². The first-order valence-electron chi connectivity index (χ1n) is 10.4. The molecule has 0 atom stereocenters. The van der Waals surface area contributed by atoms with E-state index in [2.05, 4.69) is 33.5 Å². The summed E-state index contributed by atoms with van der Waals surface area (Å²) in [5.74, 6) is 1.13. The van der Waals surface area contributed by atoms with Gasteiger partial charge >= 0.3 is 20.4 Å². The fourth-order valence-electron chi connectivity index (χ4n) is 3.48. The molecule has 34 heavy (non-hydrogen) atoms. The van der Waals surface area contributed by atoms with E-state index in [0.717, 1.165) is 22.8 Å². The molecule has 0 N–H and O–H groups in total. The van der Waals surface area contributed by atoms with Crippen LogP contribution >= 0.6 is 0 Å². The van der Waals surface area contributed by atoms with Gasteiger partial charge in [0.1, 0.15) is 0 Å². The van der Waals surface area contributed by atoms with Gasteiger partial charge in [-0.25, -0.2) is 4.85 Å². The second-order valence-electron chi connectivity index (χ2n) is 8.45. The zero-order chi connectivity index (χ0) is 23.9. The minimum atomic E-state index is -0.704. The fourth-order valence-corrected chi connectivity index (χ4v) is 3.48. The van der Waals surface area contributed by atoms with Crippen LogP contribution in [0.5, 0.6) is 0 Å². The molecule has 172 valence electrons. The molecule has 0 amide bonds. The van der Waals surface area contributed by atoms with Crippen LogP contribution in [0.2, 0.25) is 0 Å². The van der Waals surface area contributed by atoms with Crippen molar-refractivity contribution in [2.45, 2.75) is 47.0 Å². The van der Waals surface area contributed by atoms with E-state index in [0.29, 0.717) is 34.3 Å². The second-order valence-corrected chi connectivity index (χ2v) is 8.45. The maximum Gasteiger partial charge on any atom is 2.00 e. The topological polar surface area (TPSA) is 89.6 Å². The molecule has 0 fully saturated rings. The third-order valence-corrected chi connectivity index (χ3v) is 5.96. The molecule has 0 aliphatic carbocycles. The number of nitrogens with zero attached hydrogens (tertiary/aromatic N) is 8. The quantitative estimate of drug-likeness (QED) is 0.282. The van der Waals surface area contributed by atoms with Crippen molar-refractivity contribution in [3.63, 3.8) is 0 Å². The summed E-state index contributed by atoms with van der Waals surface area (Å²) in [6.07, 6.45) is 5.89. The van der Waals surface area contributed by atoms with Gasteiger partial charge in [0.05, 0.1) is 18.5 Å². The Labute approximate surface area is 212 Å². The summed E-state index contributed by atoms with van der Waals surface area (Å²) in [7, 11) is 0. The normalized spacial score (nSPS) is 10.9. The Morgan fingerprint density at radius 1 is 0.882 bits per heavy atom. The van der Waals surface area contributed by atoms with Crippen LogP contribution in [0.3, 0.4) is 0 Å². The summed E-state index contributed by atoms with van der Waals surface area (Å²) in [4.78, 5) is 21.8. The summed E-state index contributed by atoms with van der Waals surface area (Å²) in [5.41, 5.74) is 5.02. The maximum atomic E-state index is 9.67. The molecule has 8 nitrogen and oxygen atoms in total. The zero-order valence-corrected chi connectivity index (χ0v) is 21.3. The van der Waals surface area contributed by atoms with Crippen LogP contribution in [0.15, 0.2) is 24.3 Å². The van der Waals surface area contributed by atoms with Crippen molar-refractivity contribution in [2.75, 3.05) is 0 Å². The molecular formula is C25H22N8Pd. The Morgan fingerprint density at radius 3 is 1.82 bits per heavy atom. The van der Waals surface area contributed by atoms with E-state index < -0.39 is 5.41 Å². The van der Waals surface area contributed by atoms with Gasteiger partial charge in [0, 0.05) is 40.8 Å². The number of rotatable bonds is 4. The zero-order valence-electron chi connectivity index (χ0n) is 19.7. The molecule has 0 spiro atoms. The fraction of sp³-hybridized carbons (Fsp3) is 0.280. The third kappa shape index (κ3) is 4.29. The number of aryl methyl sites for hydroxylation is 2. The van der Waals surface area contributed by atoms with Crippen molar-refractivity contribution in [2.24, 2.45) is 0 Å². The third-order valence-electron chi connectivity index (χ3n) is 5.96. The molecule has 0 aliphatic rings. The molecule has 4 rings (SSSR count). The predicted molar refractivity (Wildman–Crippen MR) is 122 cm³/mol. The Kier molecular flexibility index (Phi) is 6.85. The average molecular weight is 541 g/mol. The minimum Gasteiger partial charge on any atom is -0.416 e. The minimum absolute atomic E-state index is 0. The molecule has 9 heteroatoms. The summed E-state index contributed by atoms with van der Waals surface area (Å²) in [6, 6.07) is 9.17. The number of aromatic nitrogens is 6. The Balaban J connectivity index is 0.00000324. The smallest absolute Gasteiger partial charge is 0.416 e. The van der Waals surface area contributed by atoms with Gasteiger partial charge in [0.2, 0.25) is 0 Å². The van der Waals surface area contributed by atoms with E-state index in [1.807, 2.05) is 41.5 Å². The first kappa shape index (κ1) is 25.0. The molecule has 0 unspecified atom stereocenters. The van der Waals surface area contributed by atoms with Crippen molar-refractivity contribution in [1.29, 1.82) is 5.26 Å².